The van der Waals surface area contributed by atoms with Crippen LogP contribution in [0.5, 0.6) is 0 Å². The van der Waals surface area contributed by atoms with Crippen molar-refractivity contribution in [2.45, 2.75) is 0 Å². The van der Waals surface area contributed by atoms with Crippen LogP contribution in [0.2, 0.25) is 5.28 Å². The Labute approximate surface area is 73.7 Å². The van der Waals surface area contributed by atoms with Crippen LogP contribution >= 0.6 is 11.6 Å². The highest BCUT2D eigenvalue weighted by Gasteiger charge is 2.00. The normalized spacial score (nSPS) is 10.1. The van der Waals surface area contributed by atoms with E-state index in [2.05, 4.69) is 19.9 Å². The van der Waals surface area contributed by atoms with E-state index in [9.17, 15) is 0 Å². The Bertz CT molecular complexity index is 371. The average molecular weight is 181 g/mol. The summed E-state index contributed by atoms with van der Waals surface area (Å²) in [4.78, 5) is 14.7. The molecule has 2 aromatic rings. The van der Waals surface area contributed by atoms with Crippen molar-refractivity contribution in [2.75, 3.05) is 0 Å². The predicted molar refractivity (Wildman–Crippen MR) is 44.6 cm³/mol. The molecule has 0 fully saturated rings. The molecule has 2 rings (SSSR count). The van der Waals surface area contributed by atoms with E-state index in [4.69, 9.17) is 11.6 Å². The van der Waals surface area contributed by atoms with Crippen molar-refractivity contribution in [3.8, 4) is 11.5 Å². The maximum atomic E-state index is 5.60. The summed E-state index contributed by atoms with van der Waals surface area (Å²) in [5.41, 5.74) is 0.694. The molecule has 0 aliphatic carbocycles. The summed E-state index contributed by atoms with van der Waals surface area (Å²) in [6.07, 6.45) is 4.98. The van der Waals surface area contributed by atoms with E-state index < -0.39 is 0 Å². The highest BCUT2D eigenvalue weighted by atomic mass is 35.5. The van der Waals surface area contributed by atoms with Gasteiger partial charge >= 0.3 is 0 Å². The molecule has 0 unspecified atom stereocenters. The van der Waals surface area contributed by atoms with Crippen molar-refractivity contribution in [3.63, 3.8) is 0 Å². The quantitative estimate of drug-likeness (QED) is 0.677. The smallest absolute Gasteiger partial charge is 0.222 e. The second-order valence-electron chi connectivity index (χ2n) is 2.15. The topological polar surface area (TPSA) is 54.5 Å². The first-order valence-electron chi connectivity index (χ1n) is 3.34. The number of imidazole rings is 1. The van der Waals surface area contributed by atoms with E-state index >= 15 is 0 Å². The van der Waals surface area contributed by atoms with Gasteiger partial charge in [-0.05, 0) is 17.7 Å². The Kier molecular flexibility index (Phi) is 1.75. The largest absolute Gasteiger partial charge is 0.343 e. The van der Waals surface area contributed by atoms with Gasteiger partial charge in [-0.1, -0.05) is 0 Å². The van der Waals surface area contributed by atoms with Gasteiger partial charge in [0, 0.05) is 18.6 Å². The first kappa shape index (κ1) is 7.24. The van der Waals surface area contributed by atoms with Crippen LogP contribution in [0.1, 0.15) is 0 Å². The molecule has 12 heavy (non-hydrogen) atoms. The average Bonchev–Trinajstić information content (AvgIpc) is 2.56. The number of hydrogen-bond acceptors (Lipinski definition) is 3. The number of nitrogens with zero attached hydrogens (tertiary/aromatic N) is 3. The van der Waals surface area contributed by atoms with Crippen molar-refractivity contribution in [3.05, 3.63) is 29.9 Å². The molecule has 0 atom stereocenters. The van der Waals surface area contributed by atoms with Crippen LogP contribution in [-0.2, 0) is 0 Å². The number of halogens is 1. The Balaban J connectivity index is 2.48. The Morgan fingerprint density at radius 2 is 2.17 bits per heavy atom. The van der Waals surface area contributed by atoms with Crippen LogP contribution in [0, 0.1) is 0 Å². The molecular weight excluding hydrogens is 176 g/mol. The maximum Gasteiger partial charge on any atom is 0.222 e. The van der Waals surface area contributed by atoms with Gasteiger partial charge in [-0.15, -0.1) is 0 Å². The fourth-order valence-corrected chi connectivity index (χ4v) is 1.02. The second-order valence-corrected chi connectivity index (χ2v) is 2.49. The fourth-order valence-electron chi connectivity index (χ4n) is 0.872. The highest BCUT2D eigenvalue weighted by molar-refractivity contribution is 6.28. The molecule has 0 amide bonds. The molecule has 0 aliphatic heterocycles. The first-order chi connectivity index (χ1) is 5.86. The van der Waals surface area contributed by atoms with Crippen LogP contribution in [0.15, 0.2) is 24.7 Å². The molecule has 0 aliphatic rings. The molecule has 2 heterocycles. The molecule has 0 saturated heterocycles. The fraction of sp³-hybridized carbons (Fsp3) is 0. The lowest BCUT2D eigenvalue weighted by atomic mass is 10.4. The van der Waals surface area contributed by atoms with Gasteiger partial charge in [-0.2, -0.15) is 0 Å². The number of aromatic amines is 1. The Hall–Kier alpha value is -1.42. The number of aromatic nitrogens is 4. The first-order valence-corrected chi connectivity index (χ1v) is 3.72. The monoisotopic (exact) mass is 180 g/mol. The van der Waals surface area contributed by atoms with Crippen LogP contribution in [0.25, 0.3) is 11.5 Å². The van der Waals surface area contributed by atoms with Gasteiger partial charge in [-0.25, -0.2) is 15.0 Å². The van der Waals surface area contributed by atoms with Crippen LogP contribution in [0.3, 0.4) is 0 Å². The minimum Gasteiger partial charge on any atom is -0.343 e. The third-order valence-corrected chi connectivity index (χ3v) is 1.55. The SMILES string of the molecule is Clc1nccc(-c2ncc[nH]2)n1. The predicted octanol–water partition coefficient (Wildman–Crippen LogP) is 1.52. The van der Waals surface area contributed by atoms with Gasteiger partial charge in [0.1, 0.15) is 5.69 Å². The lowest BCUT2D eigenvalue weighted by Crippen LogP contribution is -1.87. The van der Waals surface area contributed by atoms with Gasteiger partial charge in [0.2, 0.25) is 5.28 Å². The van der Waals surface area contributed by atoms with Crippen molar-refractivity contribution >= 4 is 11.6 Å². The summed E-state index contributed by atoms with van der Waals surface area (Å²) >= 11 is 5.60. The third kappa shape index (κ3) is 1.29. The molecular formula is C7H5ClN4. The summed E-state index contributed by atoms with van der Waals surface area (Å²) in [6.45, 7) is 0. The van der Waals surface area contributed by atoms with Crippen LogP contribution in [-0.4, -0.2) is 19.9 Å². The zero-order chi connectivity index (χ0) is 8.39. The van der Waals surface area contributed by atoms with E-state index in [1.165, 1.54) is 0 Å². The third-order valence-electron chi connectivity index (χ3n) is 1.37. The summed E-state index contributed by atoms with van der Waals surface area (Å²) in [5, 5.41) is 0.226. The zero-order valence-electron chi connectivity index (χ0n) is 6.03. The lowest BCUT2D eigenvalue weighted by molar-refractivity contribution is 1.14. The zero-order valence-corrected chi connectivity index (χ0v) is 6.78. The summed E-state index contributed by atoms with van der Waals surface area (Å²) < 4.78 is 0. The molecule has 5 heteroatoms. The Morgan fingerprint density at radius 1 is 1.25 bits per heavy atom. The molecule has 4 nitrogen and oxygen atoms in total. The van der Waals surface area contributed by atoms with Gasteiger partial charge < -0.3 is 4.98 Å². The molecule has 0 aromatic carbocycles. The standard InChI is InChI=1S/C7H5ClN4/c8-7-11-2-1-5(12-7)6-9-3-4-10-6/h1-4H,(H,9,10). The van der Waals surface area contributed by atoms with E-state index in [0.717, 1.165) is 0 Å². The molecule has 0 saturated carbocycles. The van der Waals surface area contributed by atoms with Gasteiger partial charge in [0.25, 0.3) is 0 Å². The minimum absolute atomic E-state index is 0.226. The van der Waals surface area contributed by atoms with Crippen molar-refractivity contribution in [1.82, 2.24) is 19.9 Å². The summed E-state index contributed by atoms with van der Waals surface area (Å²) in [7, 11) is 0. The van der Waals surface area contributed by atoms with Crippen molar-refractivity contribution < 1.29 is 0 Å². The second kappa shape index (κ2) is 2.91. The molecule has 1 N–H and O–H groups in total. The molecule has 2 aromatic heterocycles. The van der Waals surface area contributed by atoms with Crippen molar-refractivity contribution in [2.24, 2.45) is 0 Å². The van der Waals surface area contributed by atoms with E-state index in [1.54, 1.807) is 24.7 Å². The molecule has 0 radical (unpaired) electrons. The van der Waals surface area contributed by atoms with Gasteiger partial charge in [0.05, 0.1) is 0 Å². The molecule has 60 valence electrons. The van der Waals surface area contributed by atoms with E-state index in [0.29, 0.717) is 11.5 Å². The highest BCUT2D eigenvalue weighted by Crippen LogP contribution is 2.11. The number of nitrogens with one attached hydrogen (secondary N) is 1. The Morgan fingerprint density at radius 3 is 2.83 bits per heavy atom. The van der Waals surface area contributed by atoms with E-state index in [-0.39, 0.29) is 5.28 Å². The molecule has 0 spiro atoms. The number of H-pyrrole nitrogens is 1. The van der Waals surface area contributed by atoms with Crippen molar-refractivity contribution in [1.29, 1.82) is 0 Å². The minimum atomic E-state index is 0.226. The van der Waals surface area contributed by atoms with Gasteiger partial charge in [0.15, 0.2) is 5.82 Å². The van der Waals surface area contributed by atoms with Crippen LogP contribution < -0.4 is 0 Å². The summed E-state index contributed by atoms with van der Waals surface area (Å²) in [5.74, 6) is 0.694. The maximum absolute atomic E-state index is 5.60. The van der Waals surface area contributed by atoms with Gasteiger partial charge in [-0.3, -0.25) is 0 Å². The number of hydrogen-bond donors (Lipinski definition) is 1. The van der Waals surface area contributed by atoms with Crippen LogP contribution in [0.4, 0.5) is 0 Å². The summed E-state index contributed by atoms with van der Waals surface area (Å²) in [6, 6.07) is 1.74. The molecule has 0 bridgehead atoms. The van der Waals surface area contributed by atoms with E-state index in [1.807, 2.05) is 0 Å². The number of rotatable bonds is 1. The lowest BCUT2D eigenvalue weighted by Gasteiger charge is -1.93.